The second kappa shape index (κ2) is 5.45. The van der Waals surface area contributed by atoms with E-state index in [2.05, 4.69) is 15.9 Å². The van der Waals surface area contributed by atoms with Gasteiger partial charge in [0.25, 0.3) is 0 Å². The molecule has 0 fully saturated rings. The Bertz CT molecular complexity index is 467. The molecule has 0 bridgehead atoms. The fourth-order valence-electron chi connectivity index (χ4n) is 1.74. The Labute approximate surface area is 113 Å². The number of hydrogen-bond donors (Lipinski definition) is 0. The highest BCUT2D eigenvalue weighted by Crippen LogP contribution is 2.29. The molecule has 0 saturated heterocycles. The van der Waals surface area contributed by atoms with E-state index in [1.807, 2.05) is 0 Å². The van der Waals surface area contributed by atoms with Gasteiger partial charge in [0, 0.05) is 7.11 Å². The third-order valence-electron chi connectivity index (χ3n) is 2.55. The van der Waals surface area contributed by atoms with Gasteiger partial charge in [-0.1, -0.05) is 20.8 Å². The summed E-state index contributed by atoms with van der Waals surface area (Å²) in [5.41, 5.74) is -1.11. The molecule has 1 unspecified atom stereocenters. The molecule has 1 rings (SSSR count). The van der Waals surface area contributed by atoms with Crippen molar-refractivity contribution in [3.05, 3.63) is 33.8 Å². The summed E-state index contributed by atoms with van der Waals surface area (Å²) in [4.78, 5) is 12.2. The Kier molecular flexibility index (Phi) is 4.61. The molecule has 100 valence electrons. The molecule has 2 nitrogen and oxygen atoms in total. The summed E-state index contributed by atoms with van der Waals surface area (Å²) in [5, 5.41) is 0. The maximum Gasteiger partial charge on any atom is 0.198 e. The van der Waals surface area contributed by atoms with Crippen LogP contribution in [-0.2, 0) is 4.74 Å². The summed E-state index contributed by atoms with van der Waals surface area (Å²) in [6, 6.07) is 2.27. The minimum absolute atomic E-state index is 0.0519. The zero-order valence-electron chi connectivity index (χ0n) is 10.7. The van der Waals surface area contributed by atoms with Crippen molar-refractivity contribution in [2.45, 2.75) is 26.9 Å². The van der Waals surface area contributed by atoms with Crippen LogP contribution < -0.4 is 0 Å². The minimum atomic E-state index is -0.907. The smallest absolute Gasteiger partial charge is 0.198 e. The molecule has 0 aliphatic rings. The minimum Gasteiger partial charge on any atom is -0.373 e. The standard InChI is InChI=1S/C13H15BrF2O2/c1-13(2,3)12(18-4)11(17)9-8(15)6-5-7(14)10(9)16/h5-6,12H,1-4H3. The molecule has 0 N–H and O–H groups in total. The SMILES string of the molecule is COC(C(=O)c1c(F)ccc(Br)c1F)C(C)(C)C. The van der Waals surface area contributed by atoms with Crippen molar-refractivity contribution in [3.8, 4) is 0 Å². The quantitative estimate of drug-likeness (QED) is 0.622. The van der Waals surface area contributed by atoms with Crippen LogP contribution in [0.15, 0.2) is 16.6 Å². The fourth-order valence-corrected chi connectivity index (χ4v) is 2.07. The zero-order valence-corrected chi connectivity index (χ0v) is 12.3. The zero-order chi connectivity index (χ0) is 14.1. The Morgan fingerprint density at radius 3 is 2.33 bits per heavy atom. The van der Waals surface area contributed by atoms with E-state index in [0.29, 0.717) is 0 Å². The van der Waals surface area contributed by atoms with Gasteiger partial charge in [-0.3, -0.25) is 4.79 Å². The lowest BCUT2D eigenvalue weighted by molar-refractivity contribution is 0.0189. The topological polar surface area (TPSA) is 26.3 Å². The number of ether oxygens (including phenoxy) is 1. The van der Waals surface area contributed by atoms with Gasteiger partial charge in [-0.2, -0.15) is 0 Å². The molecular weight excluding hydrogens is 306 g/mol. The molecule has 0 spiro atoms. The van der Waals surface area contributed by atoms with Crippen molar-refractivity contribution >= 4 is 21.7 Å². The van der Waals surface area contributed by atoms with E-state index in [1.165, 1.54) is 13.2 Å². The van der Waals surface area contributed by atoms with Crippen LogP contribution in [0.3, 0.4) is 0 Å². The van der Waals surface area contributed by atoms with Gasteiger partial charge in [0.05, 0.1) is 10.0 Å². The highest BCUT2D eigenvalue weighted by Gasteiger charge is 2.35. The molecule has 0 aliphatic heterocycles. The first-order valence-electron chi connectivity index (χ1n) is 5.40. The highest BCUT2D eigenvalue weighted by molar-refractivity contribution is 9.10. The number of ketones is 1. The lowest BCUT2D eigenvalue weighted by Gasteiger charge is -2.28. The predicted octanol–water partition coefficient (Wildman–Crippen LogP) is 3.97. The van der Waals surface area contributed by atoms with Crippen LogP contribution in [0.1, 0.15) is 31.1 Å². The summed E-state index contributed by atoms with van der Waals surface area (Å²) in [5.74, 6) is -2.47. The summed E-state index contributed by atoms with van der Waals surface area (Å²) < 4.78 is 32.6. The maximum absolute atomic E-state index is 13.8. The number of benzene rings is 1. The Hall–Kier alpha value is -0.810. The van der Waals surface area contributed by atoms with Gasteiger partial charge in [-0.25, -0.2) is 8.78 Å². The van der Waals surface area contributed by atoms with E-state index in [1.54, 1.807) is 20.8 Å². The summed E-state index contributed by atoms with van der Waals surface area (Å²) in [6.45, 7) is 5.31. The van der Waals surface area contributed by atoms with Gasteiger partial charge in [-0.15, -0.1) is 0 Å². The Morgan fingerprint density at radius 1 is 1.33 bits per heavy atom. The van der Waals surface area contributed by atoms with E-state index in [-0.39, 0.29) is 4.47 Å². The molecule has 0 radical (unpaired) electrons. The van der Waals surface area contributed by atoms with Crippen LogP contribution in [-0.4, -0.2) is 19.0 Å². The van der Waals surface area contributed by atoms with E-state index in [9.17, 15) is 13.6 Å². The largest absolute Gasteiger partial charge is 0.373 e. The second-order valence-corrected chi connectivity index (χ2v) is 5.92. The van der Waals surface area contributed by atoms with Crippen molar-refractivity contribution in [1.82, 2.24) is 0 Å². The summed E-state index contributed by atoms with van der Waals surface area (Å²) in [6.07, 6.45) is -0.907. The van der Waals surface area contributed by atoms with Gasteiger partial charge in [-0.05, 0) is 33.5 Å². The average Bonchev–Trinajstić information content (AvgIpc) is 2.23. The van der Waals surface area contributed by atoms with E-state index in [0.717, 1.165) is 6.07 Å². The van der Waals surface area contributed by atoms with Crippen molar-refractivity contribution < 1.29 is 18.3 Å². The normalized spacial score (nSPS) is 13.5. The third kappa shape index (κ3) is 2.95. The number of halogens is 3. The lowest BCUT2D eigenvalue weighted by Crippen LogP contribution is -2.37. The number of carbonyl (C=O) groups is 1. The molecule has 0 aliphatic carbocycles. The van der Waals surface area contributed by atoms with Crippen LogP contribution in [0.2, 0.25) is 0 Å². The first-order valence-corrected chi connectivity index (χ1v) is 6.20. The van der Waals surface area contributed by atoms with Crippen LogP contribution in [0.25, 0.3) is 0 Å². The molecule has 0 heterocycles. The van der Waals surface area contributed by atoms with Gasteiger partial charge in [0.15, 0.2) is 11.6 Å². The summed E-state index contributed by atoms with van der Waals surface area (Å²) >= 11 is 2.94. The van der Waals surface area contributed by atoms with Crippen molar-refractivity contribution in [2.75, 3.05) is 7.11 Å². The van der Waals surface area contributed by atoms with Crippen molar-refractivity contribution in [2.24, 2.45) is 5.41 Å². The average molecular weight is 321 g/mol. The molecule has 1 atom stereocenters. The van der Waals surface area contributed by atoms with Crippen LogP contribution >= 0.6 is 15.9 Å². The lowest BCUT2D eigenvalue weighted by atomic mass is 9.84. The molecule has 5 heteroatoms. The first-order chi connectivity index (χ1) is 8.20. The van der Waals surface area contributed by atoms with E-state index >= 15 is 0 Å². The molecule has 1 aromatic rings. The van der Waals surface area contributed by atoms with Gasteiger partial charge in [0.2, 0.25) is 0 Å². The molecule has 0 amide bonds. The number of methoxy groups -OCH3 is 1. The molecule has 18 heavy (non-hydrogen) atoms. The van der Waals surface area contributed by atoms with E-state index < -0.39 is 34.5 Å². The molecule has 0 aromatic heterocycles. The van der Waals surface area contributed by atoms with Crippen LogP contribution in [0.4, 0.5) is 8.78 Å². The number of carbonyl (C=O) groups excluding carboxylic acids is 1. The second-order valence-electron chi connectivity index (χ2n) is 5.06. The fraction of sp³-hybridized carbons (Fsp3) is 0.462. The Morgan fingerprint density at radius 2 is 1.89 bits per heavy atom. The molecular formula is C13H15BrF2O2. The van der Waals surface area contributed by atoms with Gasteiger partial charge < -0.3 is 4.74 Å². The van der Waals surface area contributed by atoms with Gasteiger partial charge in [0.1, 0.15) is 11.9 Å². The van der Waals surface area contributed by atoms with Gasteiger partial charge >= 0.3 is 0 Å². The Balaban J connectivity index is 3.30. The predicted molar refractivity (Wildman–Crippen MR) is 68.6 cm³/mol. The maximum atomic E-state index is 13.8. The van der Waals surface area contributed by atoms with Crippen molar-refractivity contribution in [3.63, 3.8) is 0 Å². The number of rotatable bonds is 3. The first kappa shape index (κ1) is 15.2. The molecule has 1 aromatic carbocycles. The highest BCUT2D eigenvalue weighted by atomic mass is 79.9. The van der Waals surface area contributed by atoms with Crippen LogP contribution in [0.5, 0.6) is 0 Å². The van der Waals surface area contributed by atoms with Crippen molar-refractivity contribution in [1.29, 1.82) is 0 Å². The van der Waals surface area contributed by atoms with Crippen LogP contribution in [0, 0.1) is 17.0 Å². The third-order valence-corrected chi connectivity index (χ3v) is 3.16. The monoisotopic (exact) mass is 320 g/mol. The summed E-state index contributed by atoms with van der Waals surface area (Å²) in [7, 11) is 1.35. The number of Topliss-reactive ketones (excluding diaryl/α,β-unsaturated/α-hetero) is 1. The van der Waals surface area contributed by atoms with E-state index in [4.69, 9.17) is 4.74 Å². The number of hydrogen-bond acceptors (Lipinski definition) is 2. The molecule has 0 saturated carbocycles.